The van der Waals surface area contributed by atoms with E-state index in [1.54, 1.807) is 0 Å². The van der Waals surface area contributed by atoms with Gasteiger partial charge in [-0.2, -0.15) is 0 Å². The van der Waals surface area contributed by atoms with E-state index in [2.05, 4.69) is 15.6 Å². The summed E-state index contributed by atoms with van der Waals surface area (Å²) in [5, 5.41) is 6.76. The number of benzene rings is 2. The Bertz CT molecular complexity index is 988. The van der Waals surface area contributed by atoms with E-state index < -0.39 is 11.7 Å². The highest BCUT2D eigenvalue weighted by Gasteiger charge is 2.17. The Hall–Kier alpha value is -3.28. The summed E-state index contributed by atoms with van der Waals surface area (Å²) in [6, 6.07) is 17.3. The first kappa shape index (κ1) is 20.5. The molecular formula is C23H27N3O3. The minimum Gasteiger partial charge on any atom is -0.444 e. The maximum Gasteiger partial charge on any atom is 0.407 e. The van der Waals surface area contributed by atoms with Gasteiger partial charge in [-0.1, -0.05) is 36.4 Å². The minimum absolute atomic E-state index is 0.0934. The fraction of sp³-hybridized carbons (Fsp3) is 0.304. The minimum atomic E-state index is -0.536. The van der Waals surface area contributed by atoms with Crippen LogP contribution in [-0.2, 0) is 22.4 Å². The predicted octanol–water partition coefficient (Wildman–Crippen LogP) is 4.42. The summed E-state index contributed by atoms with van der Waals surface area (Å²) in [6.45, 7) is 5.91. The van der Waals surface area contributed by atoms with Gasteiger partial charge >= 0.3 is 6.09 Å². The van der Waals surface area contributed by atoms with Gasteiger partial charge in [0, 0.05) is 28.8 Å². The lowest BCUT2D eigenvalue weighted by Gasteiger charge is -2.19. The molecule has 0 aliphatic rings. The molecule has 29 heavy (non-hydrogen) atoms. The van der Waals surface area contributed by atoms with E-state index in [1.807, 2.05) is 75.4 Å². The van der Waals surface area contributed by atoms with Crippen molar-refractivity contribution in [1.29, 1.82) is 0 Å². The second-order valence-corrected chi connectivity index (χ2v) is 7.90. The van der Waals surface area contributed by atoms with Crippen LogP contribution in [0.15, 0.2) is 54.6 Å². The molecular weight excluding hydrogens is 366 g/mol. The monoisotopic (exact) mass is 393 g/mol. The Labute approximate surface area is 170 Å². The smallest absolute Gasteiger partial charge is 0.407 e. The number of carbonyl (C=O) groups is 2. The number of H-pyrrole nitrogens is 1. The van der Waals surface area contributed by atoms with Crippen molar-refractivity contribution in [3.8, 4) is 0 Å². The topological polar surface area (TPSA) is 83.2 Å². The molecule has 0 atom stereocenters. The maximum atomic E-state index is 12.5. The Morgan fingerprint density at radius 2 is 1.69 bits per heavy atom. The van der Waals surface area contributed by atoms with E-state index in [-0.39, 0.29) is 12.3 Å². The molecule has 0 spiro atoms. The van der Waals surface area contributed by atoms with Gasteiger partial charge in [0.1, 0.15) is 5.60 Å². The van der Waals surface area contributed by atoms with Gasteiger partial charge in [0.25, 0.3) is 0 Å². The molecule has 0 radical (unpaired) electrons. The third kappa shape index (κ3) is 5.85. The summed E-state index contributed by atoms with van der Waals surface area (Å²) < 4.78 is 5.28. The van der Waals surface area contributed by atoms with Crippen molar-refractivity contribution in [2.75, 3.05) is 11.9 Å². The van der Waals surface area contributed by atoms with Gasteiger partial charge in [-0.15, -0.1) is 0 Å². The van der Waals surface area contributed by atoms with Crippen molar-refractivity contribution < 1.29 is 14.3 Å². The quantitative estimate of drug-likeness (QED) is 0.580. The molecule has 3 N–H and O–H groups in total. The zero-order valence-corrected chi connectivity index (χ0v) is 17.0. The van der Waals surface area contributed by atoms with E-state index in [9.17, 15) is 9.59 Å². The van der Waals surface area contributed by atoms with Gasteiger partial charge in [0.15, 0.2) is 0 Å². The number of anilines is 1. The number of alkyl carbamates (subject to hydrolysis) is 1. The van der Waals surface area contributed by atoms with Crippen LogP contribution in [0.2, 0.25) is 0 Å². The third-order valence-corrected chi connectivity index (χ3v) is 4.34. The fourth-order valence-electron chi connectivity index (χ4n) is 3.18. The molecule has 0 aliphatic carbocycles. The summed E-state index contributed by atoms with van der Waals surface area (Å²) in [5.41, 5.74) is 3.08. The Morgan fingerprint density at radius 1 is 1.00 bits per heavy atom. The SMILES string of the molecule is CC(C)(C)OC(=O)NCCc1c(CC(=O)Nc2ccccc2)[nH]c2ccccc12. The normalized spacial score (nSPS) is 11.3. The molecule has 2 amide bonds. The molecule has 3 rings (SSSR count). The van der Waals surface area contributed by atoms with Gasteiger partial charge in [-0.05, 0) is 51.0 Å². The van der Waals surface area contributed by atoms with E-state index in [0.29, 0.717) is 13.0 Å². The van der Waals surface area contributed by atoms with Crippen LogP contribution in [0.5, 0.6) is 0 Å². The number of fused-ring (bicyclic) bond motifs is 1. The molecule has 152 valence electrons. The fourth-order valence-corrected chi connectivity index (χ4v) is 3.18. The van der Waals surface area contributed by atoms with Gasteiger partial charge in [-0.3, -0.25) is 4.79 Å². The summed E-state index contributed by atoms with van der Waals surface area (Å²) in [6.07, 6.45) is 0.378. The van der Waals surface area contributed by atoms with E-state index in [1.165, 1.54) is 0 Å². The molecule has 0 fully saturated rings. The third-order valence-electron chi connectivity index (χ3n) is 4.34. The zero-order valence-electron chi connectivity index (χ0n) is 17.0. The average molecular weight is 393 g/mol. The van der Waals surface area contributed by atoms with E-state index in [4.69, 9.17) is 4.74 Å². The Balaban J connectivity index is 1.70. The summed E-state index contributed by atoms with van der Waals surface area (Å²) >= 11 is 0. The van der Waals surface area contributed by atoms with Crippen LogP contribution in [0.4, 0.5) is 10.5 Å². The number of aromatic amines is 1. The summed E-state index contributed by atoms with van der Waals surface area (Å²) in [7, 11) is 0. The molecule has 2 aromatic carbocycles. The molecule has 0 aliphatic heterocycles. The van der Waals surface area contributed by atoms with Crippen LogP contribution in [0.25, 0.3) is 10.9 Å². The first-order chi connectivity index (χ1) is 13.8. The standard InChI is InChI=1S/C23H27N3O3/c1-23(2,3)29-22(28)24-14-13-18-17-11-7-8-12-19(17)26-20(18)15-21(27)25-16-9-5-4-6-10-16/h4-12,26H,13-15H2,1-3H3,(H,24,28)(H,25,27). The molecule has 0 unspecified atom stereocenters. The molecule has 0 saturated carbocycles. The van der Waals surface area contributed by atoms with Crippen LogP contribution in [0, 0.1) is 0 Å². The van der Waals surface area contributed by atoms with E-state index >= 15 is 0 Å². The van der Waals surface area contributed by atoms with E-state index in [0.717, 1.165) is 27.8 Å². The number of para-hydroxylation sites is 2. The van der Waals surface area contributed by atoms with Crippen molar-refractivity contribution in [2.45, 2.75) is 39.2 Å². The lowest BCUT2D eigenvalue weighted by molar-refractivity contribution is -0.115. The van der Waals surface area contributed by atoms with Gasteiger partial charge in [0.2, 0.25) is 5.91 Å². The Morgan fingerprint density at radius 3 is 2.41 bits per heavy atom. The number of carbonyl (C=O) groups excluding carboxylic acids is 2. The predicted molar refractivity (Wildman–Crippen MR) is 115 cm³/mol. The van der Waals surface area contributed by atoms with Crippen molar-refractivity contribution in [2.24, 2.45) is 0 Å². The first-order valence-corrected chi connectivity index (χ1v) is 9.72. The second kappa shape index (κ2) is 8.82. The van der Waals surface area contributed by atoms with Crippen LogP contribution in [0.1, 0.15) is 32.0 Å². The number of hydrogen-bond donors (Lipinski definition) is 3. The number of aromatic nitrogens is 1. The molecule has 0 saturated heterocycles. The molecule has 1 aromatic heterocycles. The molecule has 0 bridgehead atoms. The zero-order chi connectivity index (χ0) is 20.9. The van der Waals surface area contributed by atoms with Crippen LogP contribution in [0.3, 0.4) is 0 Å². The van der Waals surface area contributed by atoms with Crippen molar-refractivity contribution in [3.05, 3.63) is 65.9 Å². The molecule has 6 nitrogen and oxygen atoms in total. The number of ether oxygens (including phenoxy) is 1. The largest absolute Gasteiger partial charge is 0.444 e. The van der Waals surface area contributed by atoms with Crippen LogP contribution >= 0.6 is 0 Å². The van der Waals surface area contributed by atoms with Crippen LogP contribution in [-0.4, -0.2) is 29.1 Å². The highest BCUT2D eigenvalue weighted by molar-refractivity contribution is 5.94. The Kier molecular flexibility index (Phi) is 6.22. The lowest BCUT2D eigenvalue weighted by atomic mass is 10.1. The highest BCUT2D eigenvalue weighted by atomic mass is 16.6. The number of rotatable bonds is 6. The average Bonchev–Trinajstić information content (AvgIpc) is 2.98. The lowest BCUT2D eigenvalue weighted by Crippen LogP contribution is -2.33. The van der Waals surface area contributed by atoms with Gasteiger partial charge in [0.05, 0.1) is 6.42 Å². The number of amides is 2. The van der Waals surface area contributed by atoms with Crippen molar-refractivity contribution in [1.82, 2.24) is 10.3 Å². The van der Waals surface area contributed by atoms with Crippen LogP contribution < -0.4 is 10.6 Å². The maximum absolute atomic E-state index is 12.5. The number of hydrogen-bond acceptors (Lipinski definition) is 3. The molecule has 1 heterocycles. The number of nitrogens with one attached hydrogen (secondary N) is 3. The highest BCUT2D eigenvalue weighted by Crippen LogP contribution is 2.23. The molecule has 3 aromatic rings. The summed E-state index contributed by atoms with van der Waals surface area (Å²) in [4.78, 5) is 27.8. The van der Waals surface area contributed by atoms with Gasteiger partial charge in [-0.25, -0.2) is 4.79 Å². The van der Waals surface area contributed by atoms with Gasteiger partial charge < -0.3 is 20.4 Å². The first-order valence-electron chi connectivity index (χ1n) is 9.72. The second-order valence-electron chi connectivity index (χ2n) is 7.90. The van der Waals surface area contributed by atoms with Crippen molar-refractivity contribution >= 4 is 28.6 Å². The molecule has 6 heteroatoms. The van der Waals surface area contributed by atoms with Crippen molar-refractivity contribution in [3.63, 3.8) is 0 Å². The summed E-state index contributed by atoms with van der Waals surface area (Å²) in [5.74, 6) is -0.0934.